The van der Waals surface area contributed by atoms with Crippen molar-refractivity contribution in [1.29, 1.82) is 0 Å². The summed E-state index contributed by atoms with van der Waals surface area (Å²) in [5.74, 6) is -3.75. The van der Waals surface area contributed by atoms with E-state index in [1.54, 1.807) is 0 Å². The van der Waals surface area contributed by atoms with E-state index in [9.17, 15) is 34.4 Å². The zero-order valence-electron chi connectivity index (χ0n) is 11.4. The summed E-state index contributed by atoms with van der Waals surface area (Å²) < 4.78 is 0. The van der Waals surface area contributed by atoms with E-state index < -0.39 is 46.0 Å². The van der Waals surface area contributed by atoms with Gasteiger partial charge in [0.05, 0.1) is 16.1 Å². The Morgan fingerprint density at radius 3 is 2.35 bits per heavy atom. The molecule has 0 bridgehead atoms. The normalized spacial score (nSPS) is 20.5. The molecule has 2 aliphatic rings. The van der Waals surface area contributed by atoms with Crippen LogP contribution in [0.1, 0.15) is 33.6 Å². The molecule has 23 heavy (non-hydrogen) atoms. The number of benzene rings is 1. The predicted molar refractivity (Wildman–Crippen MR) is 71.4 cm³/mol. The Hall–Kier alpha value is -3.30. The fourth-order valence-corrected chi connectivity index (χ4v) is 2.64. The fourth-order valence-electron chi connectivity index (χ4n) is 2.64. The number of carbonyl (C=O) groups excluding carboxylic acids is 4. The second-order valence-corrected chi connectivity index (χ2v) is 5.09. The minimum Gasteiger partial charge on any atom is -0.502 e. The molecule has 3 rings (SSSR count). The van der Waals surface area contributed by atoms with Crippen LogP contribution in [0.2, 0.25) is 0 Å². The van der Waals surface area contributed by atoms with Crippen LogP contribution in [0.3, 0.4) is 0 Å². The molecule has 1 atom stereocenters. The molecule has 1 fully saturated rings. The van der Waals surface area contributed by atoms with E-state index in [4.69, 9.17) is 0 Å². The summed E-state index contributed by atoms with van der Waals surface area (Å²) in [6.07, 6.45) is -0.0561. The molecule has 1 unspecified atom stereocenters. The number of hydrogen-bond donors (Lipinski definition) is 2. The van der Waals surface area contributed by atoms with E-state index in [2.05, 4.69) is 0 Å². The fraction of sp³-hybridized carbons (Fsp3) is 0.231. The third-order valence-corrected chi connectivity index (χ3v) is 3.73. The van der Waals surface area contributed by atoms with Crippen molar-refractivity contribution < 1.29 is 29.2 Å². The van der Waals surface area contributed by atoms with Gasteiger partial charge in [-0.25, -0.2) is 0 Å². The van der Waals surface area contributed by atoms with E-state index in [1.165, 1.54) is 0 Å². The Balaban J connectivity index is 2.02. The van der Waals surface area contributed by atoms with Gasteiger partial charge in [-0.15, -0.1) is 0 Å². The molecule has 10 nitrogen and oxygen atoms in total. The largest absolute Gasteiger partial charge is 0.502 e. The van der Waals surface area contributed by atoms with E-state index in [0.717, 1.165) is 12.1 Å². The monoisotopic (exact) mass is 319 g/mol. The number of phenolic OH excluding ortho intramolecular Hbond substituents is 1. The van der Waals surface area contributed by atoms with E-state index in [0.29, 0.717) is 4.90 Å². The number of hydrogen-bond acceptors (Lipinski definition) is 7. The number of imide groups is 2. The van der Waals surface area contributed by atoms with E-state index >= 15 is 0 Å². The Kier molecular flexibility index (Phi) is 3.09. The molecule has 0 spiro atoms. The molecule has 1 aromatic rings. The first-order valence-corrected chi connectivity index (χ1v) is 6.54. The molecule has 0 aromatic heterocycles. The molecule has 0 saturated carbocycles. The van der Waals surface area contributed by atoms with Crippen molar-refractivity contribution in [3.8, 4) is 5.75 Å². The molecule has 1 aromatic carbocycles. The summed E-state index contributed by atoms with van der Waals surface area (Å²) in [4.78, 5) is 58.3. The lowest BCUT2D eigenvalue weighted by molar-refractivity contribution is -0.385. The smallest absolute Gasteiger partial charge is 0.311 e. The number of piperidine rings is 1. The number of fused-ring (bicyclic) bond motifs is 1. The summed E-state index contributed by atoms with van der Waals surface area (Å²) in [6, 6.07) is 0.470. The molecular weight excluding hydrogens is 310 g/mol. The molecule has 4 amide bonds. The highest BCUT2D eigenvalue weighted by molar-refractivity contribution is 6.23. The van der Waals surface area contributed by atoms with Gasteiger partial charge in [0.2, 0.25) is 11.8 Å². The number of nitrogens with one attached hydrogen (secondary N) is 1. The van der Waals surface area contributed by atoms with Gasteiger partial charge in [-0.3, -0.25) is 39.5 Å². The van der Waals surface area contributed by atoms with Crippen molar-refractivity contribution >= 4 is 29.3 Å². The maximum atomic E-state index is 12.4. The van der Waals surface area contributed by atoms with Gasteiger partial charge in [0.1, 0.15) is 6.04 Å². The Labute approximate surface area is 127 Å². The average molecular weight is 319 g/mol. The first-order valence-electron chi connectivity index (χ1n) is 6.54. The maximum Gasteiger partial charge on any atom is 0.311 e. The molecule has 0 aliphatic carbocycles. The third-order valence-electron chi connectivity index (χ3n) is 3.73. The first-order chi connectivity index (χ1) is 10.8. The summed E-state index contributed by atoms with van der Waals surface area (Å²) in [5, 5.41) is 22.4. The second-order valence-electron chi connectivity index (χ2n) is 5.09. The van der Waals surface area contributed by atoms with Crippen molar-refractivity contribution in [3.05, 3.63) is 33.4 Å². The standard InChI is InChI=1S/C13H9N3O7/c17-9-4-6-5(3-8(9)16(22)23)12(20)15(13(6)21)7-1-2-10(18)14-11(7)19/h3-4,7,17H,1-2H2,(H,14,18,19). The molecular formula is C13H9N3O7. The van der Waals surface area contributed by atoms with Gasteiger partial charge in [-0.2, -0.15) is 0 Å². The van der Waals surface area contributed by atoms with Crippen LogP contribution in [0.4, 0.5) is 5.69 Å². The number of nitrogens with zero attached hydrogens (tertiary/aromatic N) is 2. The summed E-state index contributed by atoms with van der Waals surface area (Å²) in [6.45, 7) is 0. The highest BCUT2D eigenvalue weighted by Crippen LogP contribution is 2.35. The van der Waals surface area contributed by atoms with Crippen molar-refractivity contribution in [2.24, 2.45) is 0 Å². The number of rotatable bonds is 2. The molecule has 1 saturated heterocycles. The van der Waals surface area contributed by atoms with Gasteiger partial charge in [-0.05, 0) is 6.42 Å². The highest BCUT2D eigenvalue weighted by atomic mass is 16.6. The number of amides is 4. The Morgan fingerprint density at radius 1 is 1.17 bits per heavy atom. The second kappa shape index (κ2) is 4.87. The van der Waals surface area contributed by atoms with Crippen LogP contribution in [-0.2, 0) is 9.59 Å². The lowest BCUT2D eigenvalue weighted by Crippen LogP contribution is -2.54. The molecule has 10 heteroatoms. The first kappa shape index (κ1) is 14.6. The Bertz CT molecular complexity index is 801. The topological polar surface area (TPSA) is 147 Å². The maximum absolute atomic E-state index is 12.4. The van der Waals surface area contributed by atoms with Crippen molar-refractivity contribution in [2.45, 2.75) is 18.9 Å². The zero-order valence-corrected chi connectivity index (χ0v) is 11.4. The van der Waals surface area contributed by atoms with Crippen LogP contribution in [0, 0.1) is 10.1 Å². The van der Waals surface area contributed by atoms with Crippen molar-refractivity contribution in [2.75, 3.05) is 0 Å². The van der Waals surface area contributed by atoms with E-state index in [-0.39, 0.29) is 24.0 Å². The van der Waals surface area contributed by atoms with Gasteiger partial charge in [0.25, 0.3) is 11.8 Å². The number of phenols is 1. The summed E-state index contributed by atoms with van der Waals surface area (Å²) >= 11 is 0. The average Bonchev–Trinajstić information content (AvgIpc) is 2.70. The minimum absolute atomic E-state index is 0.0236. The highest BCUT2D eigenvalue weighted by Gasteiger charge is 2.45. The van der Waals surface area contributed by atoms with Crippen LogP contribution in [0.15, 0.2) is 12.1 Å². The summed E-state index contributed by atoms with van der Waals surface area (Å²) in [7, 11) is 0. The Morgan fingerprint density at radius 2 is 1.78 bits per heavy atom. The van der Waals surface area contributed by atoms with Crippen LogP contribution in [0.25, 0.3) is 0 Å². The number of carbonyl (C=O) groups is 4. The number of nitro benzene ring substituents is 1. The third kappa shape index (κ3) is 2.11. The lowest BCUT2D eigenvalue weighted by atomic mass is 10.0. The van der Waals surface area contributed by atoms with Gasteiger partial charge in [-0.1, -0.05) is 0 Å². The van der Waals surface area contributed by atoms with Gasteiger partial charge < -0.3 is 5.11 Å². The number of nitro groups is 1. The quantitative estimate of drug-likeness (QED) is 0.432. The molecule has 0 radical (unpaired) electrons. The lowest BCUT2D eigenvalue weighted by Gasteiger charge is -2.27. The van der Waals surface area contributed by atoms with Crippen LogP contribution in [-0.4, -0.2) is 44.6 Å². The van der Waals surface area contributed by atoms with Gasteiger partial charge in [0, 0.05) is 18.6 Å². The van der Waals surface area contributed by atoms with Gasteiger partial charge in [0.15, 0.2) is 5.75 Å². The van der Waals surface area contributed by atoms with Crippen LogP contribution >= 0.6 is 0 Å². The molecule has 2 heterocycles. The van der Waals surface area contributed by atoms with Crippen LogP contribution in [0.5, 0.6) is 5.75 Å². The van der Waals surface area contributed by atoms with Crippen LogP contribution < -0.4 is 5.32 Å². The molecule has 118 valence electrons. The SMILES string of the molecule is O=C1CCC(N2C(=O)c3cc(O)c([N+](=O)[O-])cc3C2=O)C(=O)N1. The molecule has 2 N–H and O–H groups in total. The van der Waals surface area contributed by atoms with Crippen molar-refractivity contribution in [3.63, 3.8) is 0 Å². The summed E-state index contributed by atoms with van der Waals surface area (Å²) in [5.41, 5.74) is -1.19. The zero-order chi connectivity index (χ0) is 16.9. The minimum atomic E-state index is -1.17. The molecule has 2 aliphatic heterocycles. The number of aromatic hydroxyl groups is 1. The van der Waals surface area contributed by atoms with Crippen molar-refractivity contribution in [1.82, 2.24) is 10.2 Å². The predicted octanol–water partition coefficient (Wildman–Crippen LogP) is -0.298. The van der Waals surface area contributed by atoms with Gasteiger partial charge >= 0.3 is 5.69 Å². The van der Waals surface area contributed by atoms with E-state index in [1.807, 2.05) is 5.32 Å².